The van der Waals surface area contributed by atoms with E-state index in [4.69, 9.17) is 4.74 Å². The molecule has 0 aromatic heterocycles. The Morgan fingerprint density at radius 3 is 2.28 bits per heavy atom. The Kier molecular flexibility index (Phi) is 6.29. The van der Waals surface area contributed by atoms with Crippen LogP contribution in [0.1, 0.15) is 32.3 Å². The Morgan fingerprint density at radius 2 is 1.72 bits per heavy atom. The van der Waals surface area contributed by atoms with Crippen LogP contribution in [0.3, 0.4) is 0 Å². The van der Waals surface area contributed by atoms with Crippen molar-refractivity contribution in [2.24, 2.45) is 0 Å². The van der Waals surface area contributed by atoms with Gasteiger partial charge in [-0.3, -0.25) is 0 Å². The lowest BCUT2D eigenvalue weighted by atomic mass is 10.0. The molecule has 1 heterocycles. The molecular weight excluding hydrogens is 342 g/mol. The third-order valence-corrected chi connectivity index (χ3v) is 5.47. The number of sulfonamides is 1. The van der Waals surface area contributed by atoms with E-state index in [1.165, 1.54) is 10.6 Å². The average Bonchev–Trinajstić information content (AvgIpc) is 2.54. The highest BCUT2D eigenvalue weighted by atomic mass is 32.2. The van der Waals surface area contributed by atoms with Gasteiger partial charge in [0.2, 0.25) is 10.0 Å². The van der Waals surface area contributed by atoms with E-state index in [9.17, 15) is 13.2 Å². The molecule has 2 rings (SSSR count). The van der Waals surface area contributed by atoms with E-state index in [1.54, 1.807) is 11.8 Å². The highest BCUT2D eigenvalue weighted by molar-refractivity contribution is 7.88. The molecule has 1 aliphatic heterocycles. The normalized spacial score (nSPS) is 17.4. The number of nitrogens with one attached hydrogen (secondary N) is 1. The van der Waals surface area contributed by atoms with Gasteiger partial charge in [0.25, 0.3) is 0 Å². The van der Waals surface area contributed by atoms with Crippen molar-refractivity contribution in [1.29, 1.82) is 0 Å². The predicted octanol–water partition coefficient (Wildman–Crippen LogP) is 1.82. The Morgan fingerprint density at radius 1 is 1.12 bits per heavy atom. The molecule has 1 unspecified atom stereocenters. The van der Waals surface area contributed by atoms with E-state index in [0.29, 0.717) is 32.1 Å². The van der Waals surface area contributed by atoms with E-state index in [-0.39, 0.29) is 6.03 Å². The summed E-state index contributed by atoms with van der Waals surface area (Å²) in [5.74, 6) is 1.08. The number of hydrogen-bond acceptors (Lipinski definition) is 4. The number of carbonyl (C=O) groups is 1. The number of piperazine rings is 1. The summed E-state index contributed by atoms with van der Waals surface area (Å²) in [7, 11) is -3.20. The highest BCUT2D eigenvalue weighted by Crippen LogP contribution is 2.26. The fourth-order valence-electron chi connectivity index (χ4n) is 2.77. The molecule has 8 heteroatoms. The summed E-state index contributed by atoms with van der Waals surface area (Å²) in [4.78, 5) is 13.9. The SMILES string of the molecule is CC(NC(=O)N1CCN(S(C)(=O)=O)CC1)Oc1ccccc1C(C)C. The Hall–Kier alpha value is -1.80. The molecule has 1 saturated heterocycles. The van der Waals surface area contributed by atoms with Crippen LogP contribution in [0, 0.1) is 0 Å². The van der Waals surface area contributed by atoms with Gasteiger partial charge in [0.15, 0.2) is 6.23 Å². The predicted molar refractivity (Wildman–Crippen MR) is 97.1 cm³/mol. The monoisotopic (exact) mass is 369 g/mol. The van der Waals surface area contributed by atoms with Crippen LogP contribution in [0.2, 0.25) is 0 Å². The van der Waals surface area contributed by atoms with Gasteiger partial charge in [-0.05, 0) is 24.5 Å². The quantitative estimate of drug-likeness (QED) is 0.803. The van der Waals surface area contributed by atoms with Gasteiger partial charge < -0.3 is 15.0 Å². The van der Waals surface area contributed by atoms with E-state index in [0.717, 1.165) is 11.3 Å². The van der Waals surface area contributed by atoms with Gasteiger partial charge in [-0.1, -0.05) is 32.0 Å². The van der Waals surface area contributed by atoms with Crippen LogP contribution in [-0.4, -0.2) is 62.3 Å². The second kappa shape index (κ2) is 8.05. The largest absolute Gasteiger partial charge is 0.471 e. The fraction of sp³-hybridized carbons (Fsp3) is 0.588. The van der Waals surface area contributed by atoms with Gasteiger partial charge >= 0.3 is 6.03 Å². The van der Waals surface area contributed by atoms with Gasteiger partial charge in [-0.15, -0.1) is 0 Å². The summed E-state index contributed by atoms with van der Waals surface area (Å²) in [6.07, 6.45) is 0.700. The minimum absolute atomic E-state index is 0.248. The summed E-state index contributed by atoms with van der Waals surface area (Å²) in [5.41, 5.74) is 1.09. The second-order valence-corrected chi connectivity index (χ2v) is 8.53. The van der Waals surface area contributed by atoms with Gasteiger partial charge in [-0.2, -0.15) is 4.31 Å². The van der Waals surface area contributed by atoms with Crippen LogP contribution in [0.4, 0.5) is 4.79 Å². The molecule has 0 spiro atoms. The van der Waals surface area contributed by atoms with Gasteiger partial charge in [0.05, 0.1) is 6.26 Å². The Balaban J connectivity index is 1.89. The van der Waals surface area contributed by atoms with Crippen LogP contribution < -0.4 is 10.1 Å². The number of ether oxygens (including phenoxy) is 1. The molecule has 1 aliphatic rings. The molecule has 0 saturated carbocycles. The summed E-state index contributed by atoms with van der Waals surface area (Å²) >= 11 is 0. The molecule has 0 aliphatic carbocycles. The number of urea groups is 1. The molecule has 1 fully saturated rings. The van der Waals surface area contributed by atoms with Gasteiger partial charge in [0.1, 0.15) is 5.75 Å². The van der Waals surface area contributed by atoms with Crippen LogP contribution in [0.5, 0.6) is 5.75 Å². The molecular formula is C17H27N3O4S. The number of benzene rings is 1. The summed E-state index contributed by atoms with van der Waals surface area (Å²) in [6, 6.07) is 7.52. The van der Waals surface area contributed by atoms with Crippen molar-refractivity contribution in [1.82, 2.24) is 14.5 Å². The number of para-hydroxylation sites is 1. The highest BCUT2D eigenvalue weighted by Gasteiger charge is 2.26. The topological polar surface area (TPSA) is 79.0 Å². The number of amides is 2. The van der Waals surface area contributed by atoms with Gasteiger partial charge in [0, 0.05) is 26.2 Å². The van der Waals surface area contributed by atoms with Crippen molar-refractivity contribution >= 4 is 16.1 Å². The van der Waals surface area contributed by atoms with E-state index in [2.05, 4.69) is 19.2 Å². The summed E-state index contributed by atoms with van der Waals surface area (Å²) in [6.45, 7) is 7.33. The molecule has 140 valence electrons. The van der Waals surface area contributed by atoms with E-state index >= 15 is 0 Å². The van der Waals surface area contributed by atoms with Crippen LogP contribution >= 0.6 is 0 Å². The maximum Gasteiger partial charge on any atom is 0.320 e. The number of nitrogens with zero attached hydrogens (tertiary/aromatic N) is 2. The van der Waals surface area contributed by atoms with Crippen LogP contribution in [0.15, 0.2) is 24.3 Å². The minimum atomic E-state index is -3.20. The lowest BCUT2D eigenvalue weighted by Gasteiger charge is -2.34. The molecule has 0 radical (unpaired) electrons. The smallest absolute Gasteiger partial charge is 0.320 e. The van der Waals surface area contributed by atoms with Crippen LogP contribution in [0.25, 0.3) is 0 Å². The molecule has 1 aromatic rings. The molecule has 25 heavy (non-hydrogen) atoms. The zero-order valence-electron chi connectivity index (χ0n) is 15.2. The van der Waals surface area contributed by atoms with Crippen molar-refractivity contribution in [2.45, 2.75) is 32.9 Å². The average molecular weight is 369 g/mol. The third kappa shape index (κ3) is 5.34. The lowest BCUT2D eigenvalue weighted by molar-refractivity contribution is 0.139. The van der Waals surface area contributed by atoms with Crippen molar-refractivity contribution < 1.29 is 17.9 Å². The first-order valence-electron chi connectivity index (χ1n) is 8.44. The number of hydrogen-bond donors (Lipinski definition) is 1. The van der Waals surface area contributed by atoms with Crippen molar-refractivity contribution in [3.63, 3.8) is 0 Å². The first-order valence-corrected chi connectivity index (χ1v) is 10.3. The fourth-order valence-corrected chi connectivity index (χ4v) is 3.60. The Bertz CT molecular complexity index is 698. The summed E-state index contributed by atoms with van der Waals surface area (Å²) < 4.78 is 30.3. The maximum absolute atomic E-state index is 12.3. The second-order valence-electron chi connectivity index (χ2n) is 6.55. The number of carbonyl (C=O) groups excluding carboxylic acids is 1. The van der Waals surface area contributed by atoms with Gasteiger partial charge in [-0.25, -0.2) is 13.2 Å². The maximum atomic E-state index is 12.3. The van der Waals surface area contributed by atoms with E-state index < -0.39 is 16.3 Å². The third-order valence-electron chi connectivity index (χ3n) is 4.17. The molecule has 1 aromatic carbocycles. The first kappa shape index (κ1) is 19.5. The zero-order chi connectivity index (χ0) is 18.6. The standard InChI is InChI=1S/C17H27N3O4S/c1-13(2)15-7-5-6-8-16(15)24-14(3)18-17(21)19-9-11-20(12-10-19)25(4,22)23/h5-8,13-14H,9-12H2,1-4H3,(H,18,21). The van der Waals surface area contributed by atoms with Crippen molar-refractivity contribution in [3.05, 3.63) is 29.8 Å². The molecule has 0 bridgehead atoms. The zero-order valence-corrected chi connectivity index (χ0v) is 16.0. The van der Waals surface area contributed by atoms with Crippen molar-refractivity contribution in [2.75, 3.05) is 32.4 Å². The summed E-state index contributed by atoms with van der Waals surface area (Å²) in [5, 5.41) is 2.81. The lowest BCUT2D eigenvalue weighted by Crippen LogP contribution is -2.54. The van der Waals surface area contributed by atoms with E-state index in [1.807, 2.05) is 24.3 Å². The Labute approximate surface area is 150 Å². The number of rotatable bonds is 5. The first-order chi connectivity index (χ1) is 11.7. The molecule has 7 nitrogen and oxygen atoms in total. The van der Waals surface area contributed by atoms with Crippen LogP contribution in [-0.2, 0) is 10.0 Å². The van der Waals surface area contributed by atoms with Crippen molar-refractivity contribution in [3.8, 4) is 5.75 Å². The minimum Gasteiger partial charge on any atom is -0.471 e. The molecule has 2 amide bonds. The molecule has 1 atom stereocenters. The molecule has 1 N–H and O–H groups in total.